The maximum atomic E-state index is 12.3. The number of piperidine rings is 1. The minimum atomic E-state index is 0.351. The third-order valence-corrected chi connectivity index (χ3v) is 4.92. The lowest BCUT2D eigenvalue weighted by atomic mass is 9.92. The third kappa shape index (κ3) is 2.54. The van der Waals surface area contributed by atoms with Crippen molar-refractivity contribution in [1.82, 2.24) is 15.1 Å². The molecule has 3 fully saturated rings. The molecule has 4 heteroatoms. The van der Waals surface area contributed by atoms with E-state index in [4.69, 9.17) is 0 Å². The molecule has 0 radical (unpaired) electrons. The average molecular weight is 251 g/mol. The largest absolute Gasteiger partial charge is 0.339 e. The summed E-state index contributed by atoms with van der Waals surface area (Å²) in [5.41, 5.74) is 0. The molecule has 1 N–H and O–H groups in total. The van der Waals surface area contributed by atoms with E-state index in [9.17, 15) is 4.79 Å². The first-order valence-corrected chi connectivity index (χ1v) is 7.57. The van der Waals surface area contributed by atoms with Crippen LogP contribution in [0, 0.1) is 5.92 Å². The van der Waals surface area contributed by atoms with Crippen molar-refractivity contribution >= 4 is 5.91 Å². The Bertz CT molecular complexity index is 301. The van der Waals surface area contributed by atoms with Crippen LogP contribution in [0.2, 0.25) is 0 Å². The second-order valence-electron chi connectivity index (χ2n) is 6.00. The van der Waals surface area contributed by atoms with Crippen molar-refractivity contribution in [1.29, 1.82) is 0 Å². The Morgan fingerprint density at radius 2 is 1.83 bits per heavy atom. The summed E-state index contributed by atoms with van der Waals surface area (Å²) in [7, 11) is 0. The highest BCUT2D eigenvalue weighted by Crippen LogP contribution is 2.36. The molecule has 2 aliphatic heterocycles. The molecule has 0 aromatic carbocycles. The molecule has 0 aromatic heterocycles. The monoisotopic (exact) mass is 251 g/mol. The van der Waals surface area contributed by atoms with E-state index in [0.717, 1.165) is 38.6 Å². The Hall–Kier alpha value is -0.610. The Balaban J connectivity index is 1.56. The maximum Gasteiger partial charge on any atom is 0.236 e. The van der Waals surface area contributed by atoms with E-state index in [2.05, 4.69) is 10.2 Å². The van der Waals surface area contributed by atoms with Crippen LogP contribution < -0.4 is 5.32 Å². The first-order chi connectivity index (χ1) is 8.84. The SMILES string of the molecule is O=C(CN1CCCC2CCCC21)N1CCNCC1. The van der Waals surface area contributed by atoms with Gasteiger partial charge in [0.05, 0.1) is 6.54 Å². The predicted molar refractivity (Wildman–Crippen MR) is 71.4 cm³/mol. The van der Waals surface area contributed by atoms with Gasteiger partial charge in [-0.15, -0.1) is 0 Å². The van der Waals surface area contributed by atoms with Gasteiger partial charge in [0.2, 0.25) is 5.91 Å². The van der Waals surface area contributed by atoms with Crippen molar-refractivity contribution in [2.75, 3.05) is 39.3 Å². The van der Waals surface area contributed by atoms with Gasteiger partial charge in [-0.05, 0) is 38.1 Å². The van der Waals surface area contributed by atoms with E-state index in [-0.39, 0.29) is 0 Å². The number of fused-ring (bicyclic) bond motifs is 1. The summed E-state index contributed by atoms with van der Waals surface area (Å²) >= 11 is 0. The van der Waals surface area contributed by atoms with Crippen molar-refractivity contribution in [2.45, 2.75) is 38.1 Å². The molecule has 4 nitrogen and oxygen atoms in total. The smallest absolute Gasteiger partial charge is 0.236 e. The zero-order valence-electron chi connectivity index (χ0n) is 11.2. The molecule has 18 heavy (non-hydrogen) atoms. The molecular weight excluding hydrogens is 226 g/mol. The minimum Gasteiger partial charge on any atom is -0.339 e. The van der Waals surface area contributed by atoms with Crippen LogP contribution in [0.4, 0.5) is 0 Å². The van der Waals surface area contributed by atoms with Crippen molar-refractivity contribution in [3.63, 3.8) is 0 Å². The first-order valence-electron chi connectivity index (χ1n) is 7.57. The highest BCUT2D eigenvalue weighted by molar-refractivity contribution is 5.78. The van der Waals surface area contributed by atoms with E-state index in [1.165, 1.54) is 32.1 Å². The average Bonchev–Trinajstić information content (AvgIpc) is 2.89. The van der Waals surface area contributed by atoms with E-state index < -0.39 is 0 Å². The maximum absolute atomic E-state index is 12.3. The molecule has 1 amide bonds. The minimum absolute atomic E-state index is 0.351. The summed E-state index contributed by atoms with van der Waals surface area (Å²) in [6, 6.07) is 0.714. The number of nitrogens with one attached hydrogen (secondary N) is 1. The second kappa shape index (κ2) is 5.57. The van der Waals surface area contributed by atoms with E-state index in [0.29, 0.717) is 18.5 Å². The van der Waals surface area contributed by atoms with Gasteiger partial charge < -0.3 is 10.2 Å². The number of piperazine rings is 1. The van der Waals surface area contributed by atoms with Gasteiger partial charge in [0.15, 0.2) is 0 Å². The second-order valence-corrected chi connectivity index (χ2v) is 6.00. The summed E-state index contributed by atoms with van der Waals surface area (Å²) < 4.78 is 0. The molecule has 2 unspecified atom stereocenters. The van der Waals surface area contributed by atoms with Crippen LogP contribution in [-0.2, 0) is 4.79 Å². The van der Waals surface area contributed by atoms with Crippen LogP contribution in [0.25, 0.3) is 0 Å². The molecule has 0 spiro atoms. The van der Waals surface area contributed by atoms with E-state index >= 15 is 0 Å². The molecule has 102 valence electrons. The number of likely N-dealkylation sites (tertiary alicyclic amines) is 1. The van der Waals surface area contributed by atoms with Gasteiger partial charge in [-0.3, -0.25) is 9.69 Å². The van der Waals surface area contributed by atoms with Crippen molar-refractivity contribution in [3.05, 3.63) is 0 Å². The molecule has 1 saturated carbocycles. The quantitative estimate of drug-likeness (QED) is 0.784. The van der Waals surface area contributed by atoms with Crippen molar-refractivity contribution in [2.24, 2.45) is 5.92 Å². The van der Waals surface area contributed by atoms with Gasteiger partial charge in [0, 0.05) is 32.2 Å². The number of nitrogens with zero attached hydrogens (tertiary/aromatic N) is 2. The molecule has 2 atom stereocenters. The molecule has 3 rings (SSSR count). The molecule has 2 heterocycles. The summed E-state index contributed by atoms with van der Waals surface area (Å²) in [5, 5.41) is 3.30. The Kier molecular flexibility index (Phi) is 3.85. The fourth-order valence-electron chi connectivity index (χ4n) is 3.94. The van der Waals surface area contributed by atoms with Gasteiger partial charge in [-0.25, -0.2) is 0 Å². The summed E-state index contributed by atoms with van der Waals surface area (Å²) in [4.78, 5) is 16.8. The highest BCUT2D eigenvalue weighted by Gasteiger charge is 2.36. The van der Waals surface area contributed by atoms with Crippen LogP contribution in [0.5, 0.6) is 0 Å². The molecule has 1 aliphatic carbocycles. The Labute approximate surface area is 110 Å². The fourth-order valence-corrected chi connectivity index (χ4v) is 3.94. The zero-order valence-corrected chi connectivity index (χ0v) is 11.2. The predicted octanol–water partition coefficient (Wildman–Crippen LogP) is 0.683. The molecule has 3 aliphatic rings. The Morgan fingerprint density at radius 3 is 2.67 bits per heavy atom. The summed E-state index contributed by atoms with van der Waals surface area (Å²) in [6.45, 7) is 5.50. The van der Waals surface area contributed by atoms with Crippen LogP contribution in [0.1, 0.15) is 32.1 Å². The van der Waals surface area contributed by atoms with Gasteiger partial charge in [0.25, 0.3) is 0 Å². The first kappa shape index (κ1) is 12.4. The Morgan fingerprint density at radius 1 is 1.06 bits per heavy atom. The highest BCUT2D eigenvalue weighted by atomic mass is 16.2. The van der Waals surface area contributed by atoms with Crippen LogP contribution in [0.15, 0.2) is 0 Å². The van der Waals surface area contributed by atoms with Crippen LogP contribution in [-0.4, -0.2) is 61.0 Å². The summed E-state index contributed by atoms with van der Waals surface area (Å²) in [6.07, 6.45) is 6.76. The number of rotatable bonds is 2. The number of hydrogen-bond acceptors (Lipinski definition) is 3. The van der Waals surface area contributed by atoms with Gasteiger partial charge in [0.1, 0.15) is 0 Å². The lowest BCUT2D eigenvalue weighted by Crippen LogP contribution is -2.52. The normalized spacial score (nSPS) is 33.4. The zero-order chi connectivity index (χ0) is 12.4. The molecule has 0 bridgehead atoms. The number of amides is 1. The standard InChI is InChI=1S/C14H25N3O/c18-14(16-9-6-15-7-10-16)11-17-8-2-4-12-3-1-5-13(12)17/h12-13,15H,1-11H2. The van der Waals surface area contributed by atoms with Crippen LogP contribution in [0.3, 0.4) is 0 Å². The topological polar surface area (TPSA) is 35.6 Å². The van der Waals surface area contributed by atoms with E-state index in [1.54, 1.807) is 0 Å². The van der Waals surface area contributed by atoms with Crippen LogP contribution >= 0.6 is 0 Å². The number of carbonyl (C=O) groups excluding carboxylic acids is 1. The van der Waals surface area contributed by atoms with Gasteiger partial charge in [-0.2, -0.15) is 0 Å². The number of hydrogen-bond donors (Lipinski definition) is 1. The molecule has 2 saturated heterocycles. The van der Waals surface area contributed by atoms with E-state index in [1.807, 2.05) is 4.90 Å². The third-order valence-electron chi connectivity index (χ3n) is 4.92. The van der Waals surface area contributed by atoms with Crippen molar-refractivity contribution < 1.29 is 4.79 Å². The van der Waals surface area contributed by atoms with Crippen molar-refractivity contribution in [3.8, 4) is 0 Å². The lowest BCUT2D eigenvalue weighted by molar-refractivity contribution is -0.134. The lowest BCUT2D eigenvalue weighted by Gasteiger charge is -2.38. The fraction of sp³-hybridized carbons (Fsp3) is 0.929. The number of carbonyl (C=O) groups is 1. The summed E-state index contributed by atoms with van der Waals surface area (Å²) in [5.74, 6) is 1.23. The van der Waals surface area contributed by atoms with Gasteiger partial charge in [-0.1, -0.05) is 6.42 Å². The van der Waals surface area contributed by atoms with Gasteiger partial charge >= 0.3 is 0 Å². The molecule has 0 aromatic rings. The molecular formula is C14H25N3O.